The second kappa shape index (κ2) is 6.11. The monoisotopic (exact) mass is 253 g/mol. The first-order valence-corrected chi connectivity index (χ1v) is 4.87. The van der Waals surface area contributed by atoms with Gasteiger partial charge in [0.25, 0.3) is 0 Å². The van der Waals surface area contributed by atoms with Crippen LogP contribution in [0.1, 0.15) is 31.9 Å². The summed E-state index contributed by atoms with van der Waals surface area (Å²) in [6, 6.07) is 1.43. The molecule has 1 nitrogen and oxygen atoms in total. The Balaban J connectivity index is 0.00000225. The summed E-state index contributed by atoms with van der Waals surface area (Å²) in [4.78, 5) is 0. The van der Waals surface area contributed by atoms with Crippen molar-refractivity contribution in [3.8, 4) is 0 Å². The highest BCUT2D eigenvalue weighted by atomic mass is 35.5. The maximum absolute atomic E-state index is 12.9. The molecule has 1 unspecified atom stereocenters. The minimum atomic E-state index is -1.45. The van der Waals surface area contributed by atoms with Crippen LogP contribution in [0.2, 0.25) is 0 Å². The standard InChI is InChI=1S/C11H14F3N.ClH/c1-3-6(2)11(15)7-4-8(12)10(14)9(13)5-7;/h4-6,11H,3,15H2,1-2H3;1H/t6?,11-;/m1./s1. The van der Waals surface area contributed by atoms with Crippen molar-refractivity contribution >= 4 is 12.4 Å². The first-order chi connectivity index (χ1) is 6.97. The number of nitrogens with two attached hydrogens (primary N) is 1. The molecular formula is C11H15ClF3N. The lowest BCUT2D eigenvalue weighted by atomic mass is 9.93. The Morgan fingerprint density at radius 1 is 1.19 bits per heavy atom. The van der Waals surface area contributed by atoms with Crippen LogP contribution in [0.5, 0.6) is 0 Å². The van der Waals surface area contributed by atoms with Gasteiger partial charge in [0, 0.05) is 6.04 Å². The molecule has 0 heterocycles. The van der Waals surface area contributed by atoms with Gasteiger partial charge in [-0.1, -0.05) is 20.3 Å². The van der Waals surface area contributed by atoms with Gasteiger partial charge < -0.3 is 5.73 Å². The highest BCUT2D eigenvalue weighted by Gasteiger charge is 2.18. The SMILES string of the molecule is CCC(C)[C@@H](N)c1cc(F)c(F)c(F)c1.Cl. The quantitative estimate of drug-likeness (QED) is 0.819. The van der Waals surface area contributed by atoms with Crippen LogP contribution < -0.4 is 5.73 Å². The van der Waals surface area contributed by atoms with Crippen LogP contribution in [-0.2, 0) is 0 Å². The molecule has 0 aliphatic rings. The maximum atomic E-state index is 12.9. The molecule has 0 aliphatic carbocycles. The predicted molar refractivity (Wildman–Crippen MR) is 59.9 cm³/mol. The van der Waals surface area contributed by atoms with Gasteiger partial charge in [-0.15, -0.1) is 12.4 Å². The zero-order valence-electron chi connectivity index (χ0n) is 9.14. The fourth-order valence-corrected chi connectivity index (χ4v) is 1.35. The molecule has 0 fully saturated rings. The van der Waals surface area contributed by atoms with E-state index in [9.17, 15) is 13.2 Å². The molecule has 0 amide bonds. The number of hydrogen-bond donors (Lipinski definition) is 1. The minimum Gasteiger partial charge on any atom is -0.324 e. The third-order valence-corrected chi connectivity index (χ3v) is 2.65. The van der Waals surface area contributed by atoms with Crippen molar-refractivity contribution < 1.29 is 13.2 Å². The highest BCUT2D eigenvalue weighted by molar-refractivity contribution is 5.85. The van der Waals surface area contributed by atoms with Gasteiger partial charge in [-0.2, -0.15) is 0 Å². The largest absolute Gasteiger partial charge is 0.324 e. The lowest BCUT2D eigenvalue weighted by Gasteiger charge is -2.18. The van der Waals surface area contributed by atoms with Gasteiger partial charge in [0.15, 0.2) is 17.5 Å². The van der Waals surface area contributed by atoms with E-state index in [4.69, 9.17) is 5.73 Å². The minimum absolute atomic E-state index is 0. The first kappa shape index (κ1) is 15.3. The molecule has 1 aromatic carbocycles. The molecule has 0 bridgehead atoms. The number of halogens is 4. The van der Waals surface area contributed by atoms with Crippen molar-refractivity contribution in [3.63, 3.8) is 0 Å². The molecule has 2 N–H and O–H groups in total. The van der Waals surface area contributed by atoms with Crippen LogP contribution in [0.4, 0.5) is 13.2 Å². The third kappa shape index (κ3) is 3.12. The molecule has 0 aliphatic heterocycles. The van der Waals surface area contributed by atoms with E-state index >= 15 is 0 Å². The molecule has 2 atom stereocenters. The Hall–Kier alpha value is -0.740. The van der Waals surface area contributed by atoms with Gasteiger partial charge in [0.1, 0.15) is 0 Å². The summed E-state index contributed by atoms with van der Waals surface area (Å²) >= 11 is 0. The Bertz CT molecular complexity index is 334. The van der Waals surface area contributed by atoms with Gasteiger partial charge in [-0.3, -0.25) is 0 Å². The van der Waals surface area contributed by atoms with E-state index in [-0.39, 0.29) is 18.3 Å². The summed E-state index contributed by atoms with van der Waals surface area (Å²) < 4.78 is 38.5. The van der Waals surface area contributed by atoms with Gasteiger partial charge >= 0.3 is 0 Å². The topological polar surface area (TPSA) is 26.0 Å². The molecule has 16 heavy (non-hydrogen) atoms. The van der Waals surface area contributed by atoms with Crippen molar-refractivity contribution in [1.82, 2.24) is 0 Å². The maximum Gasteiger partial charge on any atom is 0.194 e. The van der Waals surface area contributed by atoms with Crippen molar-refractivity contribution in [1.29, 1.82) is 0 Å². The second-order valence-corrected chi connectivity index (χ2v) is 3.71. The van der Waals surface area contributed by atoms with Gasteiger partial charge in [0.05, 0.1) is 0 Å². The average molecular weight is 254 g/mol. The molecule has 0 spiro atoms. The lowest BCUT2D eigenvalue weighted by Crippen LogP contribution is -2.19. The van der Waals surface area contributed by atoms with Crippen LogP contribution in [0, 0.1) is 23.4 Å². The van der Waals surface area contributed by atoms with E-state index in [0.717, 1.165) is 18.6 Å². The fraction of sp³-hybridized carbons (Fsp3) is 0.455. The van der Waals surface area contributed by atoms with E-state index in [2.05, 4.69) is 0 Å². The second-order valence-electron chi connectivity index (χ2n) is 3.71. The van der Waals surface area contributed by atoms with Crippen LogP contribution >= 0.6 is 12.4 Å². The van der Waals surface area contributed by atoms with Crippen molar-refractivity contribution in [3.05, 3.63) is 35.1 Å². The average Bonchev–Trinajstić information content (AvgIpc) is 2.23. The molecule has 0 saturated heterocycles. The molecular weight excluding hydrogens is 239 g/mol. The zero-order valence-corrected chi connectivity index (χ0v) is 9.95. The van der Waals surface area contributed by atoms with Crippen LogP contribution in [0.15, 0.2) is 12.1 Å². The Kier molecular flexibility index (Phi) is 5.83. The van der Waals surface area contributed by atoms with E-state index < -0.39 is 23.5 Å². The summed E-state index contributed by atoms with van der Waals surface area (Å²) in [5, 5.41) is 0. The summed E-state index contributed by atoms with van der Waals surface area (Å²) in [6.07, 6.45) is 0.793. The van der Waals surface area contributed by atoms with E-state index in [1.807, 2.05) is 13.8 Å². The summed E-state index contributed by atoms with van der Waals surface area (Å²) in [5.74, 6) is -3.74. The van der Waals surface area contributed by atoms with Crippen LogP contribution in [0.3, 0.4) is 0 Å². The molecule has 1 rings (SSSR count). The Morgan fingerprint density at radius 3 is 2.00 bits per heavy atom. The number of rotatable bonds is 3. The van der Waals surface area contributed by atoms with Crippen LogP contribution in [-0.4, -0.2) is 0 Å². The van der Waals surface area contributed by atoms with Gasteiger partial charge in [0.2, 0.25) is 0 Å². The highest BCUT2D eigenvalue weighted by Crippen LogP contribution is 2.24. The molecule has 1 aromatic rings. The third-order valence-electron chi connectivity index (χ3n) is 2.65. The lowest BCUT2D eigenvalue weighted by molar-refractivity contribution is 0.426. The smallest absolute Gasteiger partial charge is 0.194 e. The summed E-state index contributed by atoms with van der Waals surface area (Å²) in [7, 11) is 0. The van der Waals surface area contributed by atoms with Crippen molar-refractivity contribution in [2.75, 3.05) is 0 Å². The Morgan fingerprint density at radius 2 is 1.62 bits per heavy atom. The molecule has 0 aromatic heterocycles. The number of hydrogen-bond acceptors (Lipinski definition) is 1. The molecule has 92 valence electrons. The van der Waals surface area contributed by atoms with Gasteiger partial charge in [-0.05, 0) is 23.6 Å². The van der Waals surface area contributed by atoms with E-state index in [1.165, 1.54) is 0 Å². The predicted octanol–water partition coefficient (Wildman–Crippen LogP) is 3.57. The Labute approximate surface area is 99.2 Å². The fourth-order valence-electron chi connectivity index (χ4n) is 1.35. The van der Waals surface area contributed by atoms with E-state index in [0.29, 0.717) is 5.56 Å². The first-order valence-electron chi connectivity index (χ1n) is 4.87. The summed E-state index contributed by atoms with van der Waals surface area (Å²) in [5.41, 5.74) is 6.07. The zero-order chi connectivity index (χ0) is 11.6. The van der Waals surface area contributed by atoms with Gasteiger partial charge in [-0.25, -0.2) is 13.2 Å². The molecule has 0 saturated carbocycles. The normalized spacial score (nSPS) is 14.1. The van der Waals surface area contributed by atoms with E-state index in [1.54, 1.807) is 0 Å². The van der Waals surface area contributed by atoms with Crippen LogP contribution in [0.25, 0.3) is 0 Å². The molecule has 0 radical (unpaired) electrons. The summed E-state index contributed by atoms with van der Waals surface area (Å²) in [6.45, 7) is 3.81. The molecule has 5 heteroatoms. The van der Waals surface area contributed by atoms with Crippen molar-refractivity contribution in [2.45, 2.75) is 26.3 Å². The number of benzene rings is 1. The van der Waals surface area contributed by atoms with Crippen molar-refractivity contribution in [2.24, 2.45) is 11.7 Å².